The Balaban J connectivity index is 1.04. The average molecular weight is 524 g/mol. The smallest absolute Gasteiger partial charge is 0.407 e. The van der Waals surface area contributed by atoms with Crippen molar-refractivity contribution < 1.29 is 28.6 Å². The Morgan fingerprint density at radius 2 is 1.59 bits per heavy atom. The molecule has 4 aromatic rings. The van der Waals surface area contributed by atoms with Crippen molar-refractivity contribution in [1.29, 1.82) is 0 Å². The van der Waals surface area contributed by atoms with Crippen molar-refractivity contribution in [3.8, 4) is 16.9 Å². The normalized spacial score (nSPS) is 14.3. The van der Waals surface area contributed by atoms with Crippen LogP contribution in [0, 0.1) is 0 Å². The molecule has 1 atom stereocenters. The highest BCUT2D eigenvalue weighted by Gasteiger charge is 2.30. The molecule has 1 heterocycles. The Labute approximate surface area is 226 Å². The van der Waals surface area contributed by atoms with E-state index >= 15 is 0 Å². The van der Waals surface area contributed by atoms with Gasteiger partial charge in [-0.1, -0.05) is 54.6 Å². The summed E-state index contributed by atoms with van der Waals surface area (Å²) in [6, 6.07) is 24.5. The van der Waals surface area contributed by atoms with E-state index in [1.807, 2.05) is 42.5 Å². The van der Waals surface area contributed by atoms with E-state index < -0.39 is 18.1 Å². The SMILES string of the molecule is O=C(NC(Cc1ccc(COc2ccc3c(c2)CCC3)o1)C(=O)O)OCC1c2ccccc2-c2ccccc21. The van der Waals surface area contributed by atoms with Gasteiger partial charge in [-0.3, -0.25) is 0 Å². The Hall–Kier alpha value is -4.52. The van der Waals surface area contributed by atoms with E-state index in [1.54, 1.807) is 12.1 Å². The molecule has 198 valence electrons. The summed E-state index contributed by atoms with van der Waals surface area (Å²) in [7, 11) is 0. The minimum Gasteiger partial charge on any atom is -0.486 e. The van der Waals surface area contributed by atoms with Gasteiger partial charge in [0.05, 0.1) is 0 Å². The third-order valence-electron chi connectivity index (χ3n) is 7.51. The highest BCUT2D eigenvalue weighted by Crippen LogP contribution is 2.44. The number of benzene rings is 3. The molecule has 2 aliphatic carbocycles. The number of rotatable bonds is 9. The fourth-order valence-electron chi connectivity index (χ4n) is 5.59. The van der Waals surface area contributed by atoms with Gasteiger partial charge in [-0.2, -0.15) is 0 Å². The van der Waals surface area contributed by atoms with Crippen LogP contribution in [0.1, 0.15) is 46.1 Å². The topological polar surface area (TPSA) is 98.0 Å². The quantitative estimate of drug-likeness (QED) is 0.284. The molecule has 0 aliphatic heterocycles. The van der Waals surface area contributed by atoms with Crippen LogP contribution in [0.5, 0.6) is 5.75 Å². The number of aryl methyl sites for hydroxylation is 2. The van der Waals surface area contributed by atoms with Crippen LogP contribution < -0.4 is 10.1 Å². The number of carbonyl (C=O) groups is 2. The van der Waals surface area contributed by atoms with Crippen LogP contribution in [0.3, 0.4) is 0 Å². The lowest BCUT2D eigenvalue weighted by Crippen LogP contribution is -2.42. The summed E-state index contributed by atoms with van der Waals surface area (Å²) >= 11 is 0. The van der Waals surface area contributed by atoms with Gasteiger partial charge in [0.15, 0.2) is 0 Å². The first-order chi connectivity index (χ1) is 19.0. The molecular formula is C32H29NO6. The number of carboxylic acid groups (broad SMARTS) is 1. The van der Waals surface area contributed by atoms with Gasteiger partial charge in [0.2, 0.25) is 0 Å². The maximum Gasteiger partial charge on any atom is 0.407 e. The van der Waals surface area contributed by atoms with Gasteiger partial charge < -0.3 is 24.3 Å². The second-order valence-corrected chi connectivity index (χ2v) is 10.0. The van der Waals surface area contributed by atoms with Gasteiger partial charge in [0.1, 0.15) is 36.5 Å². The fraction of sp³-hybridized carbons (Fsp3) is 0.250. The van der Waals surface area contributed by atoms with Crippen LogP contribution in [-0.4, -0.2) is 29.8 Å². The largest absolute Gasteiger partial charge is 0.486 e. The van der Waals surface area contributed by atoms with Gasteiger partial charge in [-0.15, -0.1) is 0 Å². The molecule has 2 N–H and O–H groups in total. The molecule has 39 heavy (non-hydrogen) atoms. The predicted molar refractivity (Wildman–Crippen MR) is 145 cm³/mol. The van der Waals surface area contributed by atoms with E-state index in [0.29, 0.717) is 11.5 Å². The van der Waals surface area contributed by atoms with Crippen molar-refractivity contribution in [2.75, 3.05) is 6.61 Å². The van der Waals surface area contributed by atoms with Gasteiger partial charge in [0, 0.05) is 12.3 Å². The molecule has 1 unspecified atom stereocenters. The van der Waals surface area contributed by atoms with Crippen molar-refractivity contribution in [2.45, 2.75) is 44.2 Å². The molecular weight excluding hydrogens is 494 g/mol. The first-order valence-corrected chi connectivity index (χ1v) is 13.2. The molecule has 1 aromatic heterocycles. The van der Waals surface area contributed by atoms with Gasteiger partial charge >= 0.3 is 12.1 Å². The number of carboxylic acids is 1. The molecule has 0 saturated heterocycles. The number of furan rings is 1. The first kappa shape index (κ1) is 24.8. The molecule has 3 aromatic carbocycles. The van der Waals surface area contributed by atoms with Crippen LogP contribution in [0.25, 0.3) is 11.1 Å². The number of aliphatic carboxylic acids is 1. The summed E-state index contributed by atoms with van der Waals surface area (Å²) < 4.78 is 17.2. The fourth-order valence-corrected chi connectivity index (χ4v) is 5.59. The second-order valence-electron chi connectivity index (χ2n) is 10.0. The minimum absolute atomic E-state index is 0.0155. The second kappa shape index (κ2) is 10.7. The number of hydrogen-bond acceptors (Lipinski definition) is 5. The summed E-state index contributed by atoms with van der Waals surface area (Å²) in [4.78, 5) is 24.5. The number of amides is 1. The molecule has 0 radical (unpaired) electrons. The number of fused-ring (bicyclic) bond motifs is 4. The summed E-state index contributed by atoms with van der Waals surface area (Å²) in [6.45, 7) is 0.341. The first-order valence-electron chi connectivity index (χ1n) is 13.2. The molecule has 0 fully saturated rings. The Morgan fingerprint density at radius 3 is 2.33 bits per heavy atom. The number of ether oxygens (including phenoxy) is 2. The maximum atomic E-state index is 12.6. The van der Waals surface area contributed by atoms with Gasteiger partial charge in [0.25, 0.3) is 0 Å². The van der Waals surface area contributed by atoms with Crippen molar-refractivity contribution in [1.82, 2.24) is 5.32 Å². The monoisotopic (exact) mass is 523 g/mol. The number of hydrogen-bond donors (Lipinski definition) is 2. The van der Waals surface area contributed by atoms with Crippen molar-refractivity contribution in [2.24, 2.45) is 0 Å². The van der Waals surface area contributed by atoms with Crippen molar-refractivity contribution in [3.63, 3.8) is 0 Å². The molecule has 0 bridgehead atoms. The van der Waals surface area contributed by atoms with Crippen molar-refractivity contribution in [3.05, 3.63) is 113 Å². The van der Waals surface area contributed by atoms with Crippen LogP contribution >= 0.6 is 0 Å². The number of carbonyl (C=O) groups excluding carboxylic acids is 1. The third-order valence-corrected chi connectivity index (χ3v) is 7.51. The maximum absolute atomic E-state index is 12.6. The number of alkyl carbamates (subject to hydrolysis) is 1. The van der Waals surface area contributed by atoms with Crippen LogP contribution in [-0.2, 0) is 35.4 Å². The highest BCUT2D eigenvalue weighted by atomic mass is 16.5. The Bertz CT molecular complexity index is 1480. The van der Waals surface area contributed by atoms with E-state index in [0.717, 1.165) is 40.8 Å². The van der Waals surface area contributed by atoms with Gasteiger partial charge in [-0.05, 0) is 76.9 Å². The lowest BCUT2D eigenvalue weighted by Gasteiger charge is -2.17. The molecule has 2 aliphatic rings. The molecule has 6 rings (SSSR count). The van der Waals surface area contributed by atoms with Crippen LogP contribution in [0.4, 0.5) is 4.79 Å². The summed E-state index contributed by atoms with van der Waals surface area (Å²) in [6.07, 6.45) is 2.57. The lowest BCUT2D eigenvalue weighted by molar-refractivity contribution is -0.139. The summed E-state index contributed by atoms with van der Waals surface area (Å²) in [5.41, 5.74) is 7.14. The Morgan fingerprint density at radius 1 is 0.897 bits per heavy atom. The molecule has 7 nitrogen and oxygen atoms in total. The van der Waals surface area contributed by atoms with E-state index in [-0.39, 0.29) is 25.6 Å². The van der Waals surface area contributed by atoms with E-state index in [4.69, 9.17) is 13.9 Å². The van der Waals surface area contributed by atoms with E-state index in [9.17, 15) is 14.7 Å². The summed E-state index contributed by atoms with van der Waals surface area (Å²) in [5, 5.41) is 12.2. The van der Waals surface area contributed by atoms with Crippen molar-refractivity contribution >= 4 is 12.1 Å². The highest BCUT2D eigenvalue weighted by molar-refractivity contribution is 5.81. The standard InChI is InChI=1S/C32H29NO6/c34-31(35)30(17-23-14-15-24(39-23)18-37-22-13-12-20-6-5-7-21(20)16-22)33-32(36)38-19-29-27-10-3-1-8-25(27)26-9-2-4-11-28(26)29/h1-4,8-16,29-30H,5-7,17-19H2,(H,33,36)(H,34,35). The lowest BCUT2D eigenvalue weighted by atomic mass is 9.98. The van der Waals surface area contributed by atoms with Crippen LogP contribution in [0.15, 0.2) is 83.3 Å². The molecule has 0 saturated carbocycles. The average Bonchev–Trinajstić information content (AvgIpc) is 3.68. The molecule has 0 spiro atoms. The Kier molecular flexibility index (Phi) is 6.80. The zero-order valence-corrected chi connectivity index (χ0v) is 21.4. The molecule has 7 heteroatoms. The minimum atomic E-state index is -1.20. The van der Waals surface area contributed by atoms with E-state index in [2.05, 4.69) is 29.6 Å². The van der Waals surface area contributed by atoms with E-state index in [1.165, 1.54) is 17.5 Å². The van der Waals surface area contributed by atoms with Gasteiger partial charge in [-0.25, -0.2) is 9.59 Å². The predicted octanol–water partition coefficient (Wildman–Crippen LogP) is 5.88. The number of nitrogens with one attached hydrogen (secondary N) is 1. The molecule has 1 amide bonds. The zero-order chi connectivity index (χ0) is 26.8. The third kappa shape index (κ3) is 5.25. The van der Waals surface area contributed by atoms with Crippen LogP contribution in [0.2, 0.25) is 0 Å². The summed E-state index contributed by atoms with van der Waals surface area (Å²) in [5.74, 6) is 0.527. The zero-order valence-electron chi connectivity index (χ0n) is 21.4.